The van der Waals surface area contributed by atoms with E-state index in [0.29, 0.717) is 0 Å². The van der Waals surface area contributed by atoms with Crippen LogP contribution in [-0.4, -0.2) is 62.3 Å². The van der Waals surface area contributed by atoms with Crippen LogP contribution in [0, 0.1) is 10.1 Å². The third-order valence-corrected chi connectivity index (χ3v) is 3.21. The fourth-order valence-electron chi connectivity index (χ4n) is 2.02. The normalized spacial score (nSPS) is 20.1. The molecule has 1 aromatic heterocycles. The zero-order valence-electron chi connectivity index (χ0n) is 11.3. The van der Waals surface area contributed by atoms with Gasteiger partial charge in [-0.05, 0) is 0 Å². The summed E-state index contributed by atoms with van der Waals surface area (Å²) in [6.07, 6.45) is 1.48. The van der Waals surface area contributed by atoms with Gasteiger partial charge in [0, 0.05) is 13.6 Å². The monoisotopic (exact) mass is 297 g/mol. The molecule has 0 aliphatic carbocycles. The molecule has 2 atom stereocenters. The minimum Gasteiger partial charge on any atom is -0.390 e. The minimum absolute atomic E-state index is 0.0472. The van der Waals surface area contributed by atoms with Gasteiger partial charge >= 0.3 is 5.69 Å². The summed E-state index contributed by atoms with van der Waals surface area (Å²) >= 11 is 0. The first-order chi connectivity index (χ1) is 9.88. The van der Waals surface area contributed by atoms with Crippen molar-refractivity contribution in [2.45, 2.75) is 25.1 Å². The molecule has 1 aliphatic heterocycles. The first kappa shape index (κ1) is 15.1. The Morgan fingerprint density at radius 3 is 2.86 bits per heavy atom. The van der Waals surface area contributed by atoms with Crippen molar-refractivity contribution in [2.75, 3.05) is 13.6 Å². The quantitative estimate of drug-likeness (QED) is 0.371. The predicted octanol–water partition coefficient (Wildman–Crippen LogP) is -1.50. The zero-order chi connectivity index (χ0) is 15.6. The standard InChI is InChI=1S/C11H15N5O5/c1-14-10(18)2-9(11(14)19)12-4-8(17)6-15-5-7(3-13-15)16(20)21/h3,5,8-9,12,17H,2,4,6H2,1H3. The third kappa shape index (κ3) is 3.41. The number of amides is 2. The van der Waals surface area contributed by atoms with E-state index in [1.807, 2.05) is 0 Å². The van der Waals surface area contributed by atoms with Crippen molar-refractivity contribution in [3.63, 3.8) is 0 Å². The van der Waals surface area contributed by atoms with Crippen molar-refractivity contribution in [1.29, 1.82) is 0 Å². The summed E-state index contributed by atoms with van der Waals surface area (Å²) in [5.41, 5.74) is -0.159. The van der Waals surface area contributed by atoms with Crippen LogP contribution in [0.1, 0.15) is 6.42 Å². The highest BCUT2D eigenvalue weighted by Crippen LogP contribution is 2.11. The van der Waals surface area contributed by atoms with E-state index >= 15 is 0 Å². The van der Waals surface area contributed by atoms with E-state index in [4.69, 9.17) is 0 Å². The number of carbonyl (C=O) groups is 2. The van der Waals surface area contributed by atoms with Gasteiger partial charge in [0.25, 0.3) is 0 Å². The number of carbonyl (C=O) groups excluding carboxylic acids is 2. The molecule has 1 saturated heterocycles. The number of nitro groups is 1. The lowest BCUT2D eigenvalue weighted by Gasteiger charge is -2.15. The van der Waals surface area contributed by atoms with Gasteiger partial charge in [0.15, 0.2) is 0 Å². The smallest absolute Gasteiger partial charge is 0.306 e. The lowest BCUT2D eigenvalue weighted by Crippen LogP contribution is -2.41. The number of aromatic nitrogens is 2. The van der Waals surface area contributed by atoms with Crippen LogP contribution < -0.4 is 5.32 Å². The van der Waals surface area contributed by atoms with Crippen LogP contribution >= 0.6 is 0 Å². The molecule has 0 saturated carbocycles. The molecule has 1 aliphatic rings. The van der Waals surface area contributed by atoms with Gasteiger partial charge in [0.05, 0.1) is 30.0 Å². The number of hydrogen-bond acceptors (Lipinski definition) is 7. The molecule has 0 spiro atoms. The van der Waals surface area contributed by atoms with Gasteiger partial charge < -0.3 is 10.4 Å². The second kappa shape index (κ2) is 5.97. The molecule has 10 heteroatoms. The van der Waals surface area contributed by atoms with Gasteiger partial charge in [-0.25, -0.2) is 0 Å². The van der Waals surface area contributed by atoms with E-state index in [1.165, 1.54) is 17.9 Å². The minimum atomic E-state index is -0.890. The number of rotatable bonds is 6. The van der Waals surface area contributed by atoms with Crippen molar-refractivity contribution in [3.05, 3.63) is 22.5 Å². The SMILES string of the molecule is CN1C(=O)CC(NCC(O)Cn2cc([N+](=O)[O-])cn2)C1=O. The zero-order valence-corrected chi connectivity index (χ0v) is 11.3. The average molecular weight is 297 g/mol. The molecule has 1 fully saturated rings. The molecular weight excluding hydrogens is 282 g/mol. The summed E-state index contributed by atoms with van der Waals surface area (Å²) in [5.74, 6) is -0.600. The van der Waals surface area contributed by atoms with Gasteiger partial charge in [-0.2, -0.15) is 5.10 Å². The van der Waals surface area contributed by atoms with Crippen LogP contribution in [0.25, 0.3) is 0 Å². The van der Waals surface area contributed by atoms with Gasteiger partial charge in [-0.15, -0.1) is 0 Å². The predicted molar refractivity (Wildman–Crippen MR) is 69.1 cm³/mol. The van der Waals surface area contributed by atoms with Crippen LogP contribution in [-0.2, 0) is 16.1 Å². The Hall–Kier alpha value is -2.33. The highest BCUT2D eigenvalue weighted by Gasteiger charge is 2.35. The van der Waals surface area contributed by atoms with Crippen molar-refractivity contribution >= 4 is 17.5 Å². The van der Waals surface area contributed by atoms with E-state index in [1.54, 1.807) is 0 Å². The maximum absolute atomic E-state index is 11.6. The van der Waals surface area contributed by atoms with Crippen molar-refractivity contribution in [1.82, 2.24) is 20.0 Å². The first-order valence-electron chi connectivity index (χ1n) is 6.27. The van der Waals surface area contributed by atoms with Gasteiger partial charge in [0.1, 0.15) is 12.4 Å². The van der Waals surface area contributed by atoms with Gasteiger partial charge in [-0.3, -0.25) is 29.3 Å². The fraction of sp³-hybridized carbons (Fsp3) is 0.545. The second-order valence-electron chi connectivity index (χ2n) is 4.79. The number of aliphatic hydroxyl groups is 1. The van der Waals surface area contributed by atoms with E-state index in [0.717, 1.165) is 11.1 Å². The molecule has 10 nitrogen and oxygen atoms in total. The molecule has 2 heterocycles. The Morgan fingerprint density at radius 2 is 2.33 bits per heavy atom. The number of hydrogen-bond donors (Lipinski definition) is 2. The molecule has 2 amide bonds. The molecule has 21 heavy (non-hydrogen) atoms. The summed E-state index contributed by atoms with van der Waals surface area (Å²) in [5, 5.41) is 26.9. The first-order valence-corrected chi connectivity index (χ1v) is 6.27. The topological polar surface area (TPSA) is 131 Å². The fourth-order valence-corrected chi connectivity index (χ4v) is 2.02. The Morgan fingerprint density at radius 1 is 1.62 bits per heavy atom. The van der Waals surface area contributed by atoms with Crippen LogP contribution in [0.3, 0.4) is 0 Å². The van der Waals surface area contributed by atoms with E-state index in [9.17, 15) is 24.8 Å². The van der Waals surface area contributed by atoms with Crippen LogP contribution in [0.5, 0.6) is 0 Å². The number of nitrogens with zero attached hydrogens (tertiary/aromatic N) is 4. The third-order valence-electron chi connectivity index (χ3n) is 3.21. The number of aliphatic hydroxyl groups excluding tert-OH is 1. The average Bonchev–Trinajstić information content (AvgIpc) is 2.98. The molecule has 0 bridgehead atoms. The summed E-state index contributed by atoms with van der Waals surface area (Å²) < 4.78 is 1.25. The van der Waals surface area contributed by atoms with Crippen LogP contribution in [0.4, 0.5) is 5.69 Å². The number of nitrogens with one attached hydrogen (secondary N) is 1. The molecule has 0 radical (unpaired) electrons. The van der Waals surface area contributed by atoms with Gasteiger partial charge in [-0.1, -0.05) is 0 Å². The molecular formula is C11H15N5O5. The van der Waals surface area contributed by atoms with Crippen LogP contribution in [0.2, 0.25) is 0 Å². The number of likely N-dealkylation sites (N-methyl/N-ethyl adjacent to an activating group) is 1. The Balaban J connectivity index is 1.82. The van der Waals surface area contributed by atoms with Crippen molar-refractivity contribution in [3.8, 4) is 0 Å². The molecule has 2 unspecified atom stereocenters. The van der Waals surface area contributed by atoms with Crippen molar-refractivity contribution < 1.29 is 19.6 Å². The second-order valence-corrected chi connectivity index (χ2v) is 4.79. The molecule has 2 rings (SSSR count). The highest BCUT2D eigenvalue weighted by atomic mass is 16.6. The maximum atomic E-state index is 11.6. The molecule has 114 valence electrons. The van der Waals surface area contributed by atoms with E-state index in [2.05, 4.69) is 10.4 Å². The Labute approximate surface area is 119 Å². The highest BCUT2D eigenvalue weighted by molar-refractivity contribution is 6.05. The number of imide groups is 1. The lowest BCUT2D eigenvalue weighted by molar-refractivity contribution is -0.385. The Bertz CT molecular complexity index is 571. The van der Waals surface area contributed by atoms with Crippen LogP contribution in [0.15, 0.2) is 12.4 Å². The summed E-state index contributed by atoms with van der Waals surface area (Å²) in [6.45, 7) is 0.122. The maximum Gasteiger partial charge on any atom is 0.306 e. The molecule has 1 aromatic rings. The van der Waals surface area contributed by atoms with E-state index in [-0.39, 0.29) is 37.0 Å². The van der Waals surface area contributed by atoms with E-state index < -0.39 is 17.1 Å². The van der Waals surface area contributed by atoms with Crippen molar-refractivity contribution in [2.24, 2.45) is 0 Å². The summed E-state index contributed by atoms with van der Waals surface area (Å²) in [4.78, 5) is 33.9. The summed E-state index contributed by atoms with van der Waals surface area (Å²) in [7, 11) is 1.41. The molecule has 0 aromatic carbocycles. The number of likely N-dealkylation sites (tertiary alicyclic amines) is 1. The summed E-state index contributed by atoms with van der Waals surface area (Å²) in [6, 6.07) is -0.635. The van der Waals surface area contributed by atoms with Gasteiger partial charge in [0.2, 0.25) is 11.8 Å². The largest absolute Gasteiger partial charge is 0.390 e. The molecule has 2 N–H and O–H groups in total. The Kier molecular flexibility index (Phi) is 4.29. The lowest BCUT2D eigenvalue weighted by atomic mass is 10.2.